The summed E-state index contributed by atoms with van der Waals surface area (Å²) in [5, 5.41) is 11.0. The number of methoxy groups -OCH3 is 1. The van der Waals surface area contributed by atoms with E-state index in [1.54, 1.807) is 13.4 Å². The van der Waals surface area contributed by atoms with Gasteiger partial charge in [0, 0.05) is 26.7 Å². The van der Waals surface area contributed by atoms with E-state index in [1.165, 1.54) is 11.1 Å². The molecule has 1 aromatic heterocycles. The van der Waals surface area contributed by atoms with E-state index in [1.807, 2.05) is 11.5 Å². The van der Waals surface area contributed by atoms with Crippen molar-refractivity contribution in [3.63, 3.8) is 0 Å². The van der Waals surface area contributed by atoms with Gasteiger partial charge in [0.2, 0.25) is 5.91 Å². The van der Waals surface area contributed by atoms with E-state index in [-0.39, 0.29) is 11.9 Å². The number of benzene rings is 1. The summed E-state index contributed by atoms with van der Waals surface area (Å²) in [5.74, 6) is 0.752. The van der Waals surface area contributed by atoms with E-state index < -0.39 is 0 Å². The number of hydrogen-bond donors (Lipinski definition) is 1. The molecular formula is C18H25N5O2. The van der Waals surface area contributed by atoms with Crippen molar-refractivity contribution < 1.29 is 9.53 Å². The number of rotatable bonds is 7. The van der Waals surface area contributed by atoms with E-state index >= 15 is 0 Å². The molecule has 1 amide bonds. The lowest BCUT2D eigenvalue weighted by Gasteiger charge is -2.32. The first-order valence-electron chi connectivity index (χ1n) is 8.63. The lowest BCUT2D eigenvalue weighted by atomic mass is 9.99. The number of aromatic nitrogens is 3. The number of ether oxygens (including phenoxy) is 1. The maximum atomic E-state index is 12.5. The van der Waals surface area contributed by atoms with Gasteiger partial charge in [-0.15, -0.1) is 10.2 Å². The van der Waals surface area contributed by atoms with Gasteiger partial charge in [0.25, 0.3) is 0 Å². The summed E-state index contributed by atoms with van der Waals surface area (Å²) in [4.78, 5) is 14.8. The van der Waals surface area contributed by atoms with Crippen LogP contribution in [0.4, 0.5) is 0 Å². The molecule has 25 heavy (non-hydrogen) atoms. The molecule has 1 aromatic carbocycles. The zero-order valence-electron chi connectivity index (χ0n) is 14.8. The van der Waals surface area contributed by atoms with Crippen molar-refractivity contribution in [3.8, 4) is 0 Å². The summed E-state index contributed by atoms with van der Waals surface area (Å²) < 4.78 is 6.97. The molecule has 7 heteroatoms. The summed E-state index contributed by atoms with van der Waals surface area (Å²) in [6, 6.07) is 8.27. The number of hydrogen-bond acceptors (Lipinski definition) is 5. The van der Waals surface area contributed by atoms with Gasteiger partial charge in [0.15, 0.2) is 5.82 Å². The maximum Gasteiger partial charge on any atom is 0.237 e. The Labute approximate surface area is 148 Å². The van der Waals surface area contributed by atoms with Crippen LogP contribution in [0.2, 0.25) is 0 Å². The Balaban J connectivity index is 1.54. The van der Waals surface area contributed by atoms with Gasteiger partial charge < -0.3 is 14.6 Å². The van der Waals surface area contributed by atoms with E-state index in [4.69, 9.17) is 4.74 Å². The lowest BCUT2D eigenvalue weighted by molar-refractivity contribution is -0.126. The smallest absolute Gasteiger partial charge is 0.237 e. The third-order valence-electron chi connectivity index (χ3n) is 4.74. The monoisotopic (exact) mass is 343 g/mol. The quantitative estimate of drug-likeness (QED) is 0.812. The Morgan fingerprint density at radius 3 is 2.96 bits per heavy atom. The average Bonchev–Trinajstić information content (AvgIpc) is 3.10. The van der Waals surface area contributed by atoms with Gasteiger partial charge >= 0.3 is 0 Å². The molecule has 0 fully saturated rings. The number of fused-ring (bicyclic) bond motifs is 1. The highest BCUT2D eigenvalue weighted by molar-refractivity contribution is 5.81. The van der Waals surface area contributed by atoms with Crippen molar-refractivity contribution in [3.05, 3.63) is 47.5 Å². The highest BCUT2D eigenvalue weighted by atomic mass is 16.5. The minimum atomic E-state index is -0.177. The van der Waals surface area contributed by atoms with Gasteiger partial charge in [0.05, 0.1) is 19.2 Å². The van der Waals surface area contributed by atoms with Crippen molar-refractivity contribution in [1.82, 2.24) is 25.0 Å². The largest absolute Gasteiger partial charge is 0.383 e. The fourth-order valence-corrected chi connectivity index (χ4v) is 3.12. The topological polar surface area (TPSA) is 72.3 Å². The van der Waals surface area contributed by atoms with Crippen molar-refractivity contribution in [2.45, 2.75) is 39.0 Å². The van der Waals surface area contributed by atoms with Crippen LogP contribution in [0.1, 0.15) is 23.9 Å². The third kappa shape index (κ3) is 4.24. The van der Waals surface area contributed by atoms with E-state index in [0.29, 0.717) is 19.7 Å². The van der Waals surface area contributed by atoms with Gasteiger partial charge in [-0.2, -0.15) is 0 Å². The number of carbonyl (C=O) groups is 1. The number of carbonyl (C=O) groups excluding carboxylic acids is 1. The fourth-order valence-electron chi connectivity index (χ4n) is 3.12. The van der Waals surface area contributed by atoms with Crippen molar-refractivity contribution in [1.29, 1.82) is 0 Å². The minimum absolute atomic E-state index is 0.0145. The third-order valence-corrected chi connectivity index (χ3v) is 4.74. The summed E-state index contributed by atoms with van der Waals surface area (Å²) in [6.07, 6.45) is 2.64. The van der Waals surface area contributed by atoms with Gasteiger partial charge in [-0.05, 0) is 24.5 Å². The van der Waals surface area contributed by atoms with Gasteiger partial charge in [-0.25, -0.2) is 0 Å². The summed E-state index contributed by atoms with van der Waals surface area (Å²) in [6.45, 7) is 5.30. The average molecular weight is 343 g/mol. The fraction of sp³-hybridized carbons (Fsp3) is 0.500. The number of nitrogens with zero attached hydrogens (tertiary/aromatic N) is 4. The van der Waals surface area contributed by atoms with Crippen molar-refractivity contribution in [2.75, 3.05) is 20.3 Å². The first-order chi connectivity index (χ1) is 12.2. The number of nitrogens with one attached hydrogen (secondary N) is 1. The summed E-state index contributed by atoms with van der Waals surface area (Å²) in [7, 11) is 1.66. The molecule has 7 nitrogen and oxygen atoms in total. The highest BCUT2D eigenvalue weighted by Crippen LogP contribution is 2.20. The molecule has 0 unspecified atom stereocenters. The molecule has 2 heterocycles. The Kier molecular flexibility index (Phi) is 5.78. The summed E-state index contributed by atoms with van der Waals surface area (Å²) >= 11 is 0. The molecule has 1 aliphatic rings. The first kappa shape index (κ1) is 17.6. The SMILES string of the molecule is COCCn1cnnc1CNC(=O)[C@@H](C)N1CCc2ccccc2C1. The minimum Gasteiger partial charge on any atom is -0.383 e. The van der Waals surface area contributed by atoms with E-state index in [2.05, 4.69) is 44.7 Å². The van der Waals surface area contributed by atoms with Crippen molar-refractivity contribution >= 4 is 5.91 Å². The molecule has 3 rings (SSSR count). The molecule has 0 radical (unpaired) electrons. The molecule has 1 aliphatic heterocycles. The molecule has 0 saturated carbocycles. The van der Waals surface area contributed by atoms with Crippen LogP contribution in [-0.2, 0) is 35.6 Å². The Morgan fingerprint density at radius 2 is 2.16 bits per heavy atom. The van der Waals surface area contributed by atoms with Crippen LogP contribution in [0.25, 0.3) is 0 Å². The van der Waals surface area contributed by atoms with Crippen LogP contribution in [-0.4, -0.2) is 51.9 Å². The Bertz CT molecular complexity index is 715. The molecular weight excluding hydrogens is 318 g/mol. The van der Waals surface area contributed by atoms with Crippen LogP contribution < -0.4 is 5.32 Å². The Morgan fingerprint density at radius 1 is 1.36 bits per heavy atom. The molecule has 0 saturated heterocycles. The van der Waals surface area contributed by atoms with Crippen molar-refractivity contribution in [2.24, 2.45) is 0 Å². The maximum absolute atomic E-state index is 12.5. The standard InChI is InChI=1S/C18H25N5O2/c1-14(22-8-7-15-5-3-4-6-16(15)12-22)18(24)19-11-17-21-20-13-23(17)9-10-25-2/h3-6,13-14H,7-12H2,1-2H3,(H,19,24)/t14-/m1/s1. The van der Waals surface area contributed by atoms with Gasteiger partial charge in [-0.3, -0.25) is 9.69 Å². The highest BCUT2D eigenvalue weighted by Gasteiger charge is 2.25. The Hall–Kier alpha value is -2.25. The predicted molar refractivity (Wildman–Crippen MR) is 93.8 cm³/mol. The van der Waals surface area contributed by atoms with Gasteiger partial charge in [0.1, 0.15) is 6.33 Å². The van der Waals surface area contributed by atoms with E-state index in [9.17, 15) is 4.79 Å². The second kappa shape index (κ2) is 8.22. The second-order valence-corrected chi connectivity index (χ2v) is 6.32. The van der Waals surface area contributed by atoms with Crippen LogP contribution in [0.5, 0.6) is 0 Å². The molecule has 0 spiro atoms. The lowest BCUT2D eigenvalue weighted by Crippen LogP contribution is -2.47. The molecule has 0 bridgehead atoms. The normalized spacial score (nSPS) is 15.6. The van der Waals surface area contributed by atoms with Crippen LogP contribution in [0.15, 0.2) is 30.6 Å². The van der Waals surface area contributed by atoms with Crippen LogP contribution >= 0.6 is 0 Å². The molecule has 1 atom stereocenters. The molecule has 0 aliphatic carbocycles. The summed E-state index contributed by atoms with van der Waals surface area (Å²) in [5.41, 5.74) is 2.70. The number of amides is 1. The molecule has 2 aromatic rings. The first-order valence-corrected chi connectivity index (χ1v) is 8.63. The predicted octanol–water partition coefficient (Wildman–Crippen LogP) is 0.988. The molecule has 134 valence electrons. The van der Waals surface area contributed by atoms with Crippen LogP contribution in [0.3, 0.4) is 0 Å². The zero-order valence-corrected chi connectivity index (χ0v) is 14.8. The second-order valence-electron chi connectivity index (χ2n) is 6.32. The molecule has 1 N–H and O–H groups in total. The van der Waals surface area contributed by atoms with Crippen LogP contribution in [0, 0.1) is 0 Å². The van der Waals surface area contributed by atoms with Gasteiger partial charge in [-0.1, -0.05) is 24.3 Å². The van der Waals surface area contributed by atoms with E-state index in [0.717, 1.165) is 25.3 Å². The zero-order chi connectivity index (χ0) is 17.6.